The molecule has 1 atom stereocenters. The van der Waals surface area contributed by atoms with E-state index in [9.17, 15) is 14.4 Å². The highest BCUT2D eigenvalue weighted by Gasteiger charge is 2.24. The van der Waals surface area contributed by atoms with Gasteiger partial charge >= 0.3 is 5.97 Å². The van der Waals surface area contributed by atoms with Gasteiger partial charge < -0.3 is 21.1 Å². The zero-order valence-corrected chi connectivity index (χ0v) is 8.81. The Balaban J connectivity index is 2.52. The fourth-order valence-corrected chi connectivity index (χ4v) is 1.50. The number of carbonyl (C=O) groups excluding carboxylic acids is 2. The van der Waals surface area contributed by atoms with Crippen LogP contribution >= 0.6 is 0 Å². The summed E-state index contributed by atoms with van der Waals surface area (Å²) in [5.41, 5.74) is 5.46. The molecule has 1 rings (SSSR count). The summed E-state index contributed by atoms with van der Waals surface area (Å²) in [6.07, 6.45) is -0.164. The van der Waals surface area contributed by atoms with Crippen LogP contribution < -0.4 is 11.1 Å². The number of nitrogens with zero attached hydrogens (tertiary/aromatic N) is 1. The largest absolute Gasteiger partial charge is 0.481 e. The third-order valence-corrected chi connectivity index (χ3v) is 2.34. The van der Waals surface area contributed by atoms with Gasteiger partial charge in [0.05, 0.1) is 12.5 Å². The van der Waals surface area contributed by atoms with Crippen molar-refractivity contribution in [3.05, 3.63) is 0 Å². The van der Waals surface area contributed by atoms with Crippen LogP contribution in [0.4, 0.5) is 0 Å². The van der Waals surface area contributed by atoms with Gasteiger partial charge in [-0.2, -0.15) is 0 Å². The van der Waals surface area contributed by atoms with E-state index in [4.69, 9.17) is 10.8 Å². The van der Waals surface area contributed by atoms with E-state index in [0.717, 1.165) is 0 Å². The lowest BCUT2D eigenvalue weighted by molar-refractivity contribution is -0.142. The van der Waals surface area contributed by atoms with Crippen LogP contribution in [0.15, 0.2) is 0 Å². The van der Waals surface area contributed by atoms with Gasteiger partial charge in [-0.25, -0.2) is 0 Å². The van der Waals surface area contributed by atoms with Gasteiger partial charge in [-0.15, -0.1) is 0 Å². The Hall–Kier alpha value is -1.63. The highest BCUT2D eigenvalue weighted by molar-refractivity contribution is 5.86. The van der Waals surface area contributed by atoms with Crippen LogP contribution in [0.5, 0.6) is 0 Å². The van der Waals surface area contributed by atoms with E-state index >= 15 is 0 Å². The molecule has 0 saturated carbocycles. The minimum absolute atomic E-state index is 0.109. The Morgan fingerprint density at radius 2 is 2.19 bits per heavy atom. The summed E-state index contributed by atoms with van der Waals surface area (Å²) in [4.78, 5) is 34.5. The molecule has 4 N–H and O–H groups in total. The van der Waals surface area contributed by atoms with Crippen LogP contribution in [-0.2, 0) is 14.4 Å². The molecule has 1 saturated heterocycles. The number of rotatable bonds is 3. The number of carboxylic acid groups (broad SMARTS) is 1. The summed E-state index contributed by atoms with van der Waals surface area (Å²) in [7, 11) is 0. The molecule has 1 aliphatic rings. The van der Waals surface area contributed by atoms with E-state index < -0.39 is 24.3 Å². The standard InChI is InChI=1S/C9H15N3O4/c10-6(5-8(14)15)9(16)12-3-1-7(13)11-2-4-12/h6H,1-5,10H2,(H,11,13)(H,14,15). The molecule has 0 aromatic carbocycles. The molecule has 1 fully saturated rings. The first-order valence-electron chi connectivity index (χ1n) is 5.03. The maximum absolute atomic E-state index is 11.7. The number of carboxylic acids is 1. The highest BCUT2D eigenvalue weighted by atomic mass is 16.4. The zero-order chi connectivity index (χ0) is 12.1. The molecule has 2 amide bonds. The number of nitrogens with two attached hydrogens (primary N) is 1. The number of hydrogen-bond donors (Lipinski definition) is 3. The molecule has 7 heteroatoms. The average molecular weight is 229 g/mol. The molecule has 0 aliphatic carbocycles. The molecule has 1 heterocycles. The molecular weight excluding hydrogens is 214 g/mol. The first-order chi connectivity index (χ1) is 7.50. The topological polar surface area (TPSA) is 113 Å². The predicted molar refractivity (Wildman–Crippen MR) is 54.4 cm³/mol. The first-order valence-corrected chi connectivity index (χ1v) is 5.03. The van der Waals surface area contributed by atoms with Crippen LogP contribution in [0.2, 0.25) is 0 Å². The minimum atomic E-state index is -1.11. The maximum Gasteiger partial charge on any atom is 0.305 e. The van der Waals surface area contributed by atoms with Gasteiger partial charge in [0.15, 0.2) is 0 Å². The second-order valence-corrected chi connectivity index (χ2v) is 3.63. The van der Waals surface area contributed by atoms with Crippen LogP contribution in [0.1, 0.15) is 12.8 Å². The fourth-order valence-electron chi connectivity index (χ4n) is 1.50. The summed E-state index contributed by atoms with van der Waals surface area (Å²) in [6, 6.07) is -1.04. The smallest absolute Gasteiger partial charge is 0.305 e. The van der Waals surface area contributed by atoms with E-state index in [1.54, 1.807) is 0 Å². The second kappa shape index (κ2) is 5.45. The summed E-state index contributed by atoms with van der Waals surface area (Å²) < 4.78 is 0. The van der Waals surface area contributed by atoms with Gasteiger partial charge in [0.25, 0.3) is 0 Å². The Bertz CT molecular complexity index is 305. The molecule has 0 radical (unpaired) electrons. The van der Waals surface area contributed by atoms with Gasteiger partial charge in [0.1, 0.15) is 0 Å². The number of nitrogens with one attached hydrogen (secondary N) is 1. The Labute approximate surface area is 92.6 Å². The maximum atomic E-state index is 11.7. The van der Waals surface area contributed by atoms with E-state index in [0.29, 0.717) is 13.1 Å². The molecule has 0 aromatic heterocycles. The van der Waals surface area contributed by atoms with Crippen molar-refractivity contribution in [3.8, 4) is 0 Å². The molecule has 1 unspecified atom stereocenters. The van der Waals surface area contributed by atoms with Crippen molar-refractivity contribution in [3.63, 3.8) is 0 Å². The summed E-state index contributed by atoms with van der Waals surface area (Å²) >= 11 is 0. The first kappa shape index (κ1) is 12.4. The molecule has 7 nitrogen and oxygen atoms in total. The fraction of sp³-hybridized carbons (Fsp3) is 0.667. The van der Waals surface area contributed by atoms with Gasteiger partial charge in [-0.05, 0) is 0 Å². The zero-order valence-electron chi connectivity index (χ0n) is 8.81. The van der Waals surface area contributed by atoms with Crippen molar-refractivity contribution in [2.45, 2.75) is 18.9 Å². The average Bonchev–Trinajstić information content (AvgIpc) is 2.41. The third-order valence-electron chi connectivity index (χ3n) is 2.34. The van der Waals surface area contributed by atoms with Crippen LogP contribution in [0.25, 0.3) is 0 Å². The van der Waals surface area contributed by atoms with Crippen molar-refractivity contribution in [2.24, 2.45) is 5.73 Å². The van der Waals surface area contributed by atoms with Gasteiger partial charge in [0.2, 0.25) is 11.8 Å². The Morgan fingerprint density at radius 1 is 1.50 bits per heavy atom. The van der Waals surface area contributed by atoms with Crippen molar-refractivity contribution >= 4 is 17.8 Å². The van der Waals surface area contributed by atoms with Crippen molar-refractivity contribution in [1.29, 1.82) is 0 Å². The highest BCUT2D eigenvalue weighted by Crippen LogP contribution is 2.01. The lowest BCUT2D eigenvalue weighted by atomic mass is 10.2. The lowest BCUT2D eigenvalue weighted by Gasteiger charge is -2.22. The van der Waals surface area contributed by atoms with Crippen LogP contribution in [0, 0.1) is 0 Å². The lowest BCUT2D eigenvalue weighted by Crippen LogP contribution is -2.46. The van der Waals surface area contributed by atoms with Crippen LogP contribution in [0.3, 0.4) is 0 Å². The Kier molecular flexibility index (Phi) is 4.24. The number of amides is 2. The molecule has 0 spiro atoms. The van der Waals surface area contributed by atoms with E-state index in [1.807, 2.05) is 0 Å². The van der Waals surface area contributed by atoms with Crippen molar-refractivity contribution in [2.75, 3.05) is 19.6 Å². The molecular formula is C9H15N3O4. The molecule has 0 bridgehead atoms. The van der Waals surface area contributed by atoms with Gasteiger partial charge in [0, 0.05) is 26.1 Å². The SMILES string of the molecule is NC(CC(=O)O)C(=O)N1CCNC(=O)CC1. The number of aliphatic carboxylic acids is 1. The minimum Gasteiger partial charge on any atom is -0.481 e. The van der Waals surface area contributed by atoms with E-state index in [-0.39, 0.29) is 18.9 Å². The summed E-state index contributed by atoms with van der Waals surface area (Å²) in [5.74, 6) is -1.63. The van der Waals surface area contributed by atoms with Crippen molar-refractivity contribution in [1.82, 2.24) is 10.2 Å². The summed E-state index contributed by atoms with van der Waals surface area (Å²) in [5, 5.41) is 11.1. The predicted octanol–water partition coefficient (Wildman–Crippen LogP) is -1.86. The molecule has 0 aromatic rings. The monoisotopic (exact) mass is 229 g/mol. The summed E-state index contributed by atoms with van der Waals surface area (Å²) in [6.45, 7) is 1.04. The van der Waals surface area contributed by atoms with Crippen molar-refractivity contribution < 1.29 is 19.5 Å². The van der Waals surface area contributed by atoms with Gasteiger partial charge in [-0.3, -0.25) is 14.4 Å². The molecule has 1 aliphatic heterocycles. The van der Waals surface area contributed by atoms with Gasteiger partial charge in [-0.1, -0.05) is 0 Å². The number of carbonyl (C=O) groups is 3. The third kappa shape index (κ3) is 3.50. The number of hydrogen-bond acceptors (Lipinski definition) is 4. The molecule has 90 valence electrons. The molecule has 16 heavy (non-hydrogen) atoms. The van der Waals surface area contributed by atoms with Crippen LogP contribution in [-0.4, -0.2) is 53.5 Å². The second-order valence-electron chi connectivity index (χ2n) is 3.63. The van der Waals surface area contributed by atoms with E-state index in [2.05, 4.69) is 5.32 Å². The van der Waals surface area contributed by atoms with E-state index in [1.165, 1.54) is 4.90 Å². The Morgan fingerprint density at radius 3 is 2.81 bits per heavy atom. The normalized spacial score (nSPS) is 18.6. The quantitative estimate of drug-likeness (QED) is 0.525.